The van der Waals surface area contributed by atoms with Crippen LogP contribution in [0.25, 0.3) is 0 Å². The minimum absolute atomic E-state index is 0.162. The van der Waals surface area contributed by atoms with E-state index in [0.29, 0.717) is 5.75 Å². The molecule has 0 spiro atoms. The molecule has 0 atom stereocenters. The molecule has 0 saturated carbocycles. The van der Waals surface area contributed by atoms with Crippen LogP contribution in [0.1, 0.15) is 16.7 Å². The van der Waals surface area contributed by atoms with E-state index < -0.39 is 0 Å². The smallest absolute Gasteiger partial charge is 0.265 e. The summed E-state index contributed by atoms with van der Waals surface area (Å²) in [5.74, 6) is 1.20. The molecule has 5 nitrogen and oxygen atoms in total. The van der Waals surface area contributed by atoms with Crippen LogP contribution < -0.4 is 10.1 Å². The average molecular weight is 374 g/mol. The van der Waals surface area contributed by atoms with E-state index in [9.17, 15) is 4.79 Å². The van der Waals surface area contributed by atoms with Gasteiger partial charge >= 0.3 is 0 Å². The fraction of sp³-hybridized carbons (Fsp3) is 0.130. The molecule has 3 aromatic carbocycles. The van der Waals surface area contributed by atoms with Crippen LogP contribution in [-0.2, 0) is 9.63 Å². The number of hydrogen-bond donors (Lipinski definition) is 1. The number of anilines is 1. The number of aryl methyl sites for hydroxylation is 2. The highest BCUT2D eigenvalue weighted by atomic mass is 16.6. The third kappa shape index (κ3) is 5.45. The molecule has 142 valence electrons. The summed E-state index contributed by atoms with van der Waals surface area (Å²) in [5, 5.41) is 6.73. The van der Waals surface area contributed by atoms with Crippen molar-refractivity contribution in [1.29, 1.82) is 0 Å². The predicted molar refractivity (Wildman–Crippen MR) is 111 cm³/mol. The van der Waals surface area contributed by atoms with Gasteiger partial charge in [-0.05, 0) is 54.8 Å². The predicted octanol–water partition coefficient (Wildman–Crippen LogP) is 5.08. The molecule has 0 aliphatic rings. The summed E-state index contributed by atoms with van der Waals surface area (Å²) in [6, 6.07) is 22.8. The molecule has 1 amide bonds. The lowest BCUT2D eigenvalue weighted by Crippen LogP contribution is -2.18. The van der Waals surface area contributed by atoms with Crippen LogP contribution in [0.3, 0.4) is 0 Å². The van der Waals surface area contributed by atoms with Gasteiger partial charge in [-0.1, -0.05) is 53.7 Å². The van der Waals surface area contributed by atoms with Crippen LogP contribution in [0.5, 0.6) is 11.5 Å². The average Bonchev–Trinajstić information content (AvgIpc) is 2.69. The quantitative estimate of drug-likeness (QED) is 0.463. The zero-order valence-electron chi connectivity index (χ0n) is 15.9. The van der Waals surface area contributed by atoms with E-state index in [1.807, 2.05) is 86.6 Å². The topological polar surface area (TPSA) is 59.9 Å². The third-order valence-electron chi connectivity index (χ3n) is 4.05. The lowest BCUT2D eigenvalue weighted by molar-refractivity contribution is -0.120. The van der Waals surface area contributed by atoms with Gasteiger partial charge in [-0.3, -0.25) is 4.79 Å². The number of rotatable bonds is 7. The number of carbonyl (C=O) groups excluding carboxylic acids is 1. The van der Waals surface area contributed by atoms with E-state index in [2.05, 4.69) is 10.5 Å². The first kappa shape index (κ1) is 19.2. The van der Waals surface area contributed by atoms with Crippen molar-refractivity contribution in [2.24, 2.45) is 5.16 Å². The van der Waals surface area contributed by atoms with Gasteiger partial charge in [0.2, 0.25) is 0 Å². The summed E-state index contributed by atoms with van der Waals surface area (Å²) in [5.41, 5.74) is 3.63. The maximum atomic E-state index is 12.1. The normalized spacial score (nSPS) is 10.6. The van der Waals surface area contributed by atoms with Gasteiger partial charge in [0.05, 0.1) is 6.21 Å². The van der Waals surface area contributed by atoms with E-state index in [4.69, 9.17) is 9.57 Å². The second-order valence-electron chi connectivity index (χ2n) is 6.31. The summed E-state index contributed by atoms with van der Waals surface area (Å²) >= 11 is 0. The zero-order chi connectivity index (χ0) is 19.8. The number of ether oxygens (including phenoxy) is 1. The number of carbonyl (C=O) groups is 1. The Morgan fingerprint density at radius 1 is 0.929 bits per heavy atom. The van der Waals surface area contributed by atoms with Crippen LogP contribution in [0.4, 0.5) is 5.69 Å². The van der Waals surface area contributed by atoms with E-state index in [0.717, 1.165) is 28.1 Å². The molecule has 0 aromatic heterocycles. The molecule has 3 rings (SSSR count). The van der Waals surface area contributed by atoms with Crippen molar-refractivity contribution in [3.8, 4) is 11.5 Å². The SMILES string of the molecule is Cc1cccc(C)c1NC(=O)CO/N=C/c1cccc(Oc2ccccc2)c1. The van der Waals surface area contributed by atoms with Crippen molar-refractivity contribution < 1.29 is 14.4 Å². The maximum Gasteiger partial charge on any atom is 0.265 e. The highest BCUT2D eigenvalue weighted by molar-refractivity contribution is 5.93. The molecule has 0 unspecified atom stereocenters. The van der Waals surface area contributed by atoms with Gasteiger partial charge in [-0.15, -0.1) is 0 Å². The largest absolute Gasteiger partial charge is 0.457 e. The Hall–Kier alpha value is -3.60. The second-order valence-corrected chi connectivity index (χ2v) is 6.31. The number of amides is 1. The molecule has 1 N–H and O–H groups in total. The van der Waals surface area contributed by atoms with Gasteiger partial charge < -0.3 is 14.9 Å². The van der Waals surface area contributed by atoms with E-state index >= 15 is 0 Å². The van der Waals surface area contributed by atoms with Crippen molar-refractivity contribution >= 4 is 17.8 Å². The first-order valence-electron chi connectivity index (χ1n) is 8.96. The molecule has 28 heavy (non-hydrogen) atoms. The van der Waals surface area contributed by atoms with Gasteiger partial charge in [0.1, 0.15) is 11.5 Å². The van der Waals surface area contributed by atoms with E-state index in [1.165, 1.54) is 0 Å². The minimum Gasteiger partial charge on any atom is -0.457 e. The van der Waals surface area contributed by atoms with Crippen LogP contribution >= 0.6 is 0 Å². The number of nitrogens with zero attached hydrogens (tertiary/aromatic N) is 1. The van der Waals surface area contributed by atoms with Crippen LogP contribution in [0.2, 0.25) is 0 Å². The lowest BCUT2D eigenvalue weighted by atomic mass is 10.1. The Morgan fingerprint density at radius 2 is 1.61 bits per heavy atom. The molecule has 0 heterocycles. The first-order chi connectivity index (χ1) is 13.6. The summed E-state index contributed by atoms with van der Waals surface area (Å²) < 4.78 is 5.79. The van der Waals surface area contributed by atoms with Crippen molar-refractivity contribution in [3.63, 3.8) is 0 Å². The monoisotopic (exact) mass is 374 g/mol. The number of oxime groups is 1. The Bertz CT molecular complexity index is 948. The summed E-state index contributed by atoms with van der Waals surface area (Å²) in [7, 11) is 0. The Kier molecular flexibility index (Phi) is 6.41. The van der Waals surface area contributed by atoms with Crippen LogP contribution in [0.15, 0.2) is 78.0 Å². The molecule has 3 aromatic rings. The Balaban J connectivity index is 1.52. The molecule has 0 saturated heterocycles. The Labute approximate surface area is 164 Å². The van der Waals surface area contributed by atoms with E-state index in [-0.39, 0.29) is 12.5 Å². The van der Waals surface area contributed by atoms with Gasteiger partial charge in [-0.25, -0.2) is 0 Å². The number of hydrogen-bond acceptors (Lipinski definition) is 4. The molecule has 0 bridgehead atoms. The standard InChI is InChI=1S/C23H22N2O3/c1-17-8-6-9-18(2)23(17)25-22(26)16-27-24-15-19-10-7-13-21(14-19)28-20-11-4-3-5-12-20/h3-15H,16H2,1-2H3,(H,25,26)/b24-15+. The van der Waals surface area contributed by atoms with Crippen molar-refractivity contribution in [1.82, 2.24) is 0 Å². The van der Waals surface area contributed by atoms with Gasteiger partial charge in [-0.2, -0.15) is 0 Å². The molecule has 0 aliphatic heterocycles. The second kappa shape index (κ2) is 9.37. The highest BCUT2D eigenvalue weighted by Gasteiger charge is 2.07. The summed E-state index contributed by atoms with van der Waals surface area (Å²) in [6.45, 7) is 3.74. The third-order valence-corrected chi connectivity index (χ3v) is 4.05. The summed E-state index contributed by atoms with van der Waals surface area (Å²) in [4.78, 5) is 17.2. The number of para-hydroxylation sites is 2. The molecular weight excluding hydrogens is 352 g/mol. The molecule has 0 radical (unpaired) electrons. The molecule has 0 aliphatic carbocycles. The van der Waals surface area contributed by atoms with Crippen molar-refractivity contribution in [3.05, 3.63) is 89.5 Å². The van der Waals surface area contributed by atoms with E-state index in [1.54, 1.807) is 6.21 Å². The first-order valence-corrected chi connectivity index (χ1v) is 8.96. The van der Waals surface area contributed by atoms with Crippen LogP contribution in [-0.4, -0.2) is 18.7 Å². The van der Waals surface area contributed by atoms with Crippen molar-refractivity contribution in [2.75, 3.05) is 11.9 Å². The Morgan fingerprint density at radius 3 is 2.36 bits per heavy atom. The highest BCUT2D eigenvalue weighted by Crippen LogP contribution is 2.21. The van der Waals surface area contributed by atoms with Gasteiger partial charge in [0.15, 0.2) is 6.61 Å². The van der Waals surface area contributed by atoms with Crippen molar-refractivity contribution in [2.45, 2.75) is 13.8 Å². The van der Waals surface area contributed by atoms with Gasteiger partial charge in [0.25, 0.3) is 5.91 Å². The number of benzene rings is 3. The molecular formula is C23H22N2O3. The minimum atomic E-state index is -0.254. The fourth-order valence-corrected chi connectivity index (χ4v) is 2.66. The zero-order valence-corrected chi connectivity index (χ0v) is 15.9. The molecule has 0 fully saturated rings. The lowest BCUT2D eigenvalue weighted by Gasteiger charge is -2.10. The maximum absolute atomic E-state index is 12.1. The molecule has 5 heteroatoms. The van der Waals surface area contributed by atoms with Crippen LogP contribution in [0, 0.1) is 13.8 Å². The van der Waals surface area contributed by atoms with Gasteiger partial charge in [0, 0.05) is 5.69 Å². The number of nitrogens with one attached hydrogen (secondary N) is 1. The summed E-state index contributed by atoms with van der Waals surface area (Å²) in [6.07, 6.45) is 1.55. The fourth-order valence-electron chi connectivity index (χ4n) is 2.66.